The van der Waals surface area contributed by atoms with Crippen molar-refractivity contribution in [3.8, 4) is 0 Å². The number of allylic oxidation sites excluding steroid dienone is 1. The van der Waals surface area contributed by atoms with Crippen LogP contribution in [0.15, 0.2) is 35.4 Å². The van der Waals surface area contributed by atoms with Crippen LogP contribution in [0.1, 0.15) is 39.1 Å². The average molecular weight is 427 g/mol. The minimum absolute atomic E-state index is 0.0432. The van der Waals surface area contributed by atoms with Crippen molar-refractivity contribution in [2.75, 3.05) is 16.8 Å². The normalized spacial score (nSPS) is 15.7. The number of thioether (sulfide) groups is 1. The van der Waals surface area contributed by atoms with Crippen molar-refractivity contribution < 1.29 is 9.59 Å². The molecule has 0 aliphatic carbocycles. The first-order chi connectivity index (χ1) is 14.2. The van der Waals surface area contributed by atoms with Crippen LogP contribution in [0.4, 0.5) is 17.6 Å². The summed E-state index contributed by atoms with van der Waals surface area (Å²) in [7, 11) is 0. The third-order valence-electron chi connectivity index (χ3n) is 4.55. The molecule has 3 N–H and O–H groups in total. The second-order valence-corrected chi connectivity index (χ2v) is 8.93. The Morgan fingerprint density at radius 2 is 2.00 bits per heavy atom. The van der Waals surface area contributed by atoms with Crippen LogP contribution in [0.2, 0.25) is 0 Å². The fraction of sp³-hybridized carbons (Fsp3) is 0.381. The van der Waals surface area contributed by atoms with Crippen molar-refractivity contribution >= 4 is 41.0 Å². The summed E-state index contributed by atoms with van der Waals surface area (Å²) in [6.07, 6.45) is 2.38. The van der Waals surface area contributed by atoms with E-state index >= 15 is 0 Å². The van der Waals surface area contributed by atoms with Crippen LogP contribution in [-0.2, 0) is 22.6 Å². The van der Waals surface area contributed by atoms with E-state index in [4.69, 9.17) is 5.73 Å². The van der Waals surface area contributed by atoms with E-state index in [2.05, 4.69) is 27.2 Å². The number of aryl methyl sites for hydroxylation is 1. The van der Waals surface area contributed by atoms with Gasteiger partial charge in [0.15, 0.2) is 11.6 Å². The molecule has 0 atom stereocenters. The van der Waals surface area contributed by atoms with E-state index in [1.54, 1.807) is 0 Å². The monoisotopic (exact) mass is 426 g/mol. The van der Waals surface area contributed by atoms with E-state index in [9.17, 15) is 9.59 Å². The van der Waals surface area contributed by atoms with Crippen molar-refractivity contribution in [2.45, 2.75) is 40.7 Å². The van der Waals surface area contributed by atoms with Gasteiger partial charge >= 0.3 is 0 Å². The summed E-state index contributed by atoms with van der Waals surface area (Å²) in [6.45, 7) is 7.72. The lowest BCUT2D eigenvalue weighted by atomic mass is 9.91. The first-order valence-corrected chi connectivity index (χ1v) is 10.7. The van der Waals surface area contributed by atoms with Gasteiger partial charge in [-0.3, -0.25) is 14.5 Å². The minimum Gasteiger partial charge on any atom is -0.368 e. The lowest BCUT2D eigenvalue weighted by molar-refractivity contribution is -0.126. The summed E-state index contributed by atoms with van der Waals surface area (Å²) in [5.74, 6) is 0.861. The van der Waals surface area contributed by atoms with Gasteiger partial charge in [0, 0.05) is 17.2 Å². The largest absolute Gasteiger partial charge is 0.368 e. The molecular weight excluding hydrogens is 400 g/mol. The average Bonchev–Trinajstić information content (AvgIpc) is 3.00. The molecule has 1 aliphatic heterocycles. The van der Waals surface area contributed by atoms with E-state index in [0.29, 0.717) is 16.8 Å². The van der Waals surface area contributed by atoms with Crippen molar-refractivity contribution in [2.24, 2.45) is 5.41 Å². The molecule has 1 saturated heterocycles. The highest BCUT2D eigenvalue weighted by Gasteiger charge is 2.30. The molecule has 1 aliphatic rings. The van der Waals surface area contributed by atoms with Gasteiger partial charge in [-0.05, 0) is 18.1 Å². The standard InChI is InChI=1S/C21H26N6O2S/c1-5-13-8-6-7-9-14(13)23-20-25-16(24-19(22)26-20)11-27-17(29)12-30-18(27)10-15(28)21(2,3)4/h6-10H,5,11-12H2,1-4H3,(H3,22,23,24,25,26)/b18-10-. The van der Waals surface area contributed by atoms with Crippen molar-refractivity contribution in [3.05, 3.63) is 46.8 Å². The van der Waals surface area contributed by atoms with Crippen LogP contribution >= 0.6 is 11.8 Å². The number of para-hydroxylation sites is 1. The van der Waals surface area contributed by atoms with E-state index in [0.717, 1.165) is 17.7 Å². The Morgan fingerprint density at radius 3 is 2.70 bits per heavy atom. The zero-order valence-corrected chi connectivity index (χ0v) is 18.4. The maximum Gasteiger partial charge on any atom is 0.238 e. The molecule has 3 rings (SSSR count). The Hall–Kier alpha value is -2.94. The first kappa shape index (κ1) is 21.8. The van der Waals surface area contributed by atoms with E-state index in [-0.39, 0.29) is 29.9 Å². The van der Waals surface area contributed by atoms with Gasteiger partial charge in [0.1, 0.15) is 0 Å². The van der Waals surface area contributed by atoms with Gasteiger partial charge in [-0.1, -0.05) is 57.7 Å². The molecule has 1 fully saturated rings. The van der Waals surface area contributed by atoms with Gasteiger partial charge in [0.25, 0.3) is 0 Å². The van der Waals surface area contributed by atoms with Crippen LogP contribution in [0.5, 0.6) is 0 Å². The summed E-state index contributed by atoms with van der Waals surface area (Å²) in [5, 5.41) is 3.79. The molecule has 1 aromatic heterocycles. The molecule has 1 aromatic carbocycles. The molecule has 9 heteroatoms. The van der Waals surface area contributed by atoms with Crippen LogP contribution in [0.3, 0.4) is 0 Å². The van der Waals surface area contributed by atoms with Gasteiger partial charge in [-0.2, -0.15) is 15.0 Å². The van der Waals surface area contributed by atoms with Crippen LogP contribution < -0.4 is 11.1 Å². The second kappa shape index (κ2) is 8.83. The Bertz CT molecular complexity index is 999. The van der Waals surface area contributed by atoms with Crippen molar-refractivity contribution in [3.63, 3.8) is 0 Å². The number of nitrogens with one attached hydrogen (secondary N) is 1. The fourth-order valence-corrected chi connectivity index (χ4v) is 3.75. The van der Waals surface area contributed by atoms with Gasteiger partial charge in [-0.15, -0.1) is 0 Å². The number of carbonyl (C=O) groups is 2. The SMILES string of the molecule is CCc1ccccc1Nc1nc(N)nc(CN2C(=O)CS/C2=C\C(=O)C(C)(C)C)n1. The van der Waals surface area contributed by atoms with E-state index in [1.165, 1.54) is 22.7 Å². The van der Waals surface area contributed by atoms with Gasteiger partial charge in [-0.25, -0.2) is 0 Å². The number of aromatic nitrogens is 3. The zero-order chi connectivity index (χ0) is 21.9. The number of hydrogen-bond donors (Lipinski definition) is 2. The van der Waals surface area contributed by atoms with Gasteiger partial charge in [0.05, 0.1) is 17.3 Å². The Morgan fingerprint density at radius 1 is 1.27 bits per heavy atom. The van der Waals surface area contributed by atoms with Crippen LogP contribution in [-0.4, -0.2) is 37.3 Å². The number of ketones is 1. The fourth-order valence-electron chi connectivity index (χ4n) is 2.81. The number of nitrogens with two attached hydrogens (primary N) is 1. The Labute approximate surface area is 180 Å². The van der Waals surface area contributed by atoms with Gasteiger partial charge < -0.3 is 11.1 Å². The molecule has 0 radical (unpaired) electrons. The number of nitrogens with zero attached hydrogens (tertiary/aromatic N) is 4. The van der Waals surface area contributed by atoms with E-state index < -0.39 is 5.41 Å². The van der Waals surface area contributed by atoms with Gasteiger partial charge in [0.2, 0.25) is 17.8 Å². The molecule has 2 aromatic rings. The highest BCUT2D eigenvalue weighted by atomic mass is 32.2. The van der Waals surface area contributed by atoms with Crippen molar-refractivity contribution in [1.29, 1.82) is 0 Å². The predicted octanol–water partition coefficient (Wildman–Crippen LogP) is 3.29. The molecule has 1 amide bonds. The zero-order valence-electron chi connectivity index (χ0n) is 17.6. The molecule has 0 unspecified atom stereocenters. The molecule has 2 heterocycles. The highest BCUT2D eigenvalue weighted by molar-refractivity contribution is 8.04. The highest BCUT2D eigenvalue weighted by Crippen LogP contribution is 2.31. The maximum atomic E-state index is 12.4. The van der Waals surface area contributed by atoms with Crippen LogP contribution in [0, 0.1) is 5.41 Å². The van der Waals surface area contributed by atoms with Crippen molar-refractivity contribution in [1.82, 2.24) is 19.9 Å². The van der Waals surface area contributed by atoms with E-state index in [1.807, 2.05) is 45.0 Å². The number of nitrogen functional groups attached to an aromatic ring is 1. The summed E-state index contributed by atoms with van der Waals surface area (Å²) >= 11 is 1.34. The molecule has 158 valence electrons. The first-order valence-electron chi connectivity index (χ1n) is 9.72. The summed E-state index contributed by atoms with van der Waals surface area (Å²) in [4.78, 5) is 39.1. The lowest BCUT2D eigenvalue weighted by Gasteiger charge is -2.19. The topological polar surface area (TPSA) is 114 Å². The number of anilines is 3. The molecule has 0 saturated carbocycles. The molecule has 0 bridgehead atoms. The molecule has 8 nitrogen and oxygen atoms in total. The molecule has 30 heavy (non-hydrogen) atoms. The molecule has 0 spiro atoms. The lowest BCUT2D eigenvalue weighted by Crippen LogP contribution is -2.27. The third kappa shape index (κ3) is 5.15. The Balaban J connectivity index is 1.85. The number of hydrogen-bond acceptors (Lipinski definition) is 8. The number of amides is 1. The Kier molecular flexibility index (Phi) is 6.40. The predicted molar refractivity (Wildman–Crippen MR) is 119 cm³/mol. The number of carbonyl (C=O) groups excluding carboxylic acids is 2. The quantitative estimate of drug-likeness (QED) is 0.676. The summed E-state index contributed by atoms with van der Waals surface area (Å²) in [5.41, 5.74) is 7.37. The summed E-state index contributed by atoms with van der Waals surface area (Å²) in [6, 6.07) is 7.87. The maximum absolute atomic E-state index is 12.4. The minimum atomic E-state index is -0.522. The molecular formula is C21H26N6O2S. The number of benzene rings is 1. The summed E-state index contributed by atoms with van der Waals surface area (Å²) < 4.78 is 0. The smallest absolute Gasteiger partial charge is 0.238 e. The third-order valence-corrected chi connectivity index (χ3v) is 5.57. The second-order valence-electron chi connectivity index (χ2n) is 7.93. The number of rotatable bonds is 6. The van der Waals surface area contributed by atoms with Crippen LogP contribution in [0.25, 0.3) is 0 Å².